The zero-order valence-corrected chi connectivity index (χ0v) is 13.2. The van der Waals surface area contributed by atoms with Crippen molar-refractivity contribution < 1.29 is 19.4 Å². The fraction of sp³-hybridized carbons (Fsp3) is 0.562. The molecule has 1 atom stereocenters. The molecule has 1 spiro atoms. The highest BCUT2D eigenvalue weighted by molar-refractivity contribution is 5.78. The summed E-state index contributed by atoms with van der Waals surface area (Å²) in [4.78, 5) is 13.6. The lowest BCUT2D eigenvalue weighted by atomic mass is 9.87. The summed E-state index contributed by atoms with van der Waals surface area (Å²) in [5.41, 5.74) is -0.525. The molecule has 126 valence electrons. The Morgan fingerprint density at radius 2 is 1.91 bits per heavy atom. The molecule has 0 aliphatic carbocycles. The number of rotatable bonds is 5. The molecule has 7 heteroatoms. The molecule has 0 radical (unpaired) electrons. The number of urea groups is 1. The monoisotopic (exact) mass is 321 g/mol. The second-order valence-electron chi connectivity index (χ2n) is 5.93. The van der Waals surface area contributed by atoms with Crippen molar-refractivity contribution in [2.45, 2.75) is 24.6 Å². The molecule has 2 aliphatic rings. The molecule has 2 fully saturated rings. The average molecular weight is 321 g/mol. The van der Waals surface area contributed by atoms with E-state index in [9.17, 15) is 9.90 Å². The highest BCUT2D eigenvalue weighted by Crippen LogP contribution is 2.30. The van der Waals surface area contributed by atoms with Gasteiger partial charge in [-0.25, -0.2) is 4.79 Å². The van der Waals surface area contributed by atoms with Crippen LogP contribution in [0.25, 0.3) is 0 Å². The first kappa shape index (κ1) is 15.9. The predicted molar refractivity (Wildman–Crippen MR) is 84.6 cm³/mol. The Labute approximate surface area is 135 Å². The molecule has 3 rings (SSSR count). The van der Waals surface area contributed by atoms with Crippen molar-refractivity contribution in [2.75, 3.05) is 33.4 Å². The second kappa shape index (κ2) is 6.64. The summed E-state index contributed by atoms with van der Waals surface area (Å²) >= 11 is 0. The zero-order valence-electron chi connectivity index (χ0n) is 13.2. The van der Waals surface area contributed by atoms with E-state index in [-0.39, 0.29) is 6.03 Å². The van der Waals surface area contributed by atoms with Crippen LogP contribution in [0.3, 0.4) is 0 Å². The van der Waals surface area contributed by atoms with Crippen LogP contribution in [-0.4, -0.2) is 61.2 Å². The van der Waals surface area contributed by atoms with E-state index in [0.717, 1.165) is 31.7 Å². The second-order valence-corrected chi connectivity index (χ2v) is 5.93. The molecule has 23 heavy (non-hydrogen) atoms. The van der Waals surface area contributed by atoms with Crippen molar-refractivity contribution in [1.29, 1.82) is 0 Å². The molecule has 0 saturated carbocycles. The number of amides is 2. The Hall–Kier alpha value is -1.99. The third-order valence-corrected chi connectivity index (χ3v) is 4.56. The maximum atomic E-state index is 12.1. The SMILES string of the molecule is COc1ccc(OCCN2C(=O)NC3(CCNCC3)C2O)cc1. The number of carbonyl (C=O) groups is 1. The Morgan fingerprint density at radius 3 is 2.57 bits per heavy atom. The van der Waals surface area contributed by atoms with Gasteiger partial charge in [-0.15, -0.1) is 0 Å². The summed E-state index contributed by atoms with van der Waals surface area (Å²) in [6, 6.07) is 7.03. The first-order valence-corrected chi connectivity index (χ1v) is 7.89. The molecule has 2 heterocycles. The van der Waals surface area contributed by atoms with Crippen LogP contribution in [0.5, 0.6) is 11.5 Å². The summed E-state index contributed by atoms with van der Waals surface area (Å²) in [6.07, 6.45) is 0.655. The summed E-state index contributed by atoms with van der Waals surface area (Å²) in [6.45, 7) is 2.26. The van der Waals surface area contributed by atoms with E-state index in [4.69, 9.17) is 9.47 Å². The number of nitrogens with zero attached hydrogens (tertiary/aromatic N) is 1. The largest absolute Gasteiger partial charge is 0.497 e. The molecule has 7 nitrogen and oxygen atoms in total. The lowest BCUT2D eigenvalue weighted by Crippen LogP contribution is -2.56. The summed E-state index contributed by atoms with van der Waals surface area (Å²) in [5, 5.41) is 16.7. The lowest BCUT2D eigenvalue weighted by Gasteiger charge is -2.36. The fourth-order valence-electron chi connectivity index (χ4n) is 3.17. The van der Waals surface area contributed by atoms with Gasteiger partial charge >= 0.3 is 6.03 Å². The lowest BCUT2D eigenvalue weighted by molar-refractivity contribution is -0.0139. The normalized spacial score (nSPS) is 23.0. The van der Waals surface area contributed by atoms with E-state index in [0.29, 0.717) is 18.9 Å². The zero-order chi connectivity index (χ0) is 16.3. The van der Waals surface area contributed by atoms with E-state index < -0.39 is 11.8 Å². The van der Waals surface area contributed by atoms with E-state index in [1.54, 1.807) is 7.11 Å². The molecule has 2 amide bonds. The Bertz CT molecular complexity index is 543. The molecular weight excluding hydrogens is 298 g/mol. The molecule has 0 bridgehead atoms. The molecule has 3 N–H and O–H groups in total. The van der Waals surface area contributed by atoms with Gasteiger partial charge in [0.25, 0.3) is 0 Å². The molecule has 1 unspecified atom stereocenters. The Balaban J connectivity index is 1.54. The van der Waals surface area contributed by atoms with Crippen LogP contribution in [0.2, 0.25) is 0 Å². The van der Waals surface area contributed by atoms with Gasteiger partial charge in [-0.3, -0.25) is 4.90 Å². The first-order chi connectivity index (χ1) is 11.1. The number of aliphatic hydroxyl groups excluding tert-OH is 1. The van der Waals surface area contributed by atoms with Gasteiger partial charge < -0.3 is 25.2 Å². The third-order valence-electron chi connectivity index (χ3n) is 4.56. The van der Waals surface area contributed by atoms with Gasteiger partial charge in [0, 0.05) is 0 Å². The van der Waals surface area contributed by atoms with Crippen LogP contribution < -0.4 is 20.1 Å². The van der Waals surface area contributed by atoms with Gasteiger partial charge in [0.1, 0.15) is 18.1 Å². The first-order valence-electron chi connectivity index (χ1n) is 7.89. The molecule has 1 aromatic carbocycles. The number of nitrogens with one attached hydrogen (secondary N) is 2. The molecule has 2 aliphatic heterocycles. The smallest absolute Gasteiger partial charge is 0.320 e. The highest BCUT2D eigenvalue weighted by Gasteiger charge is 2.50. The minimum absolute atomic E-state index is 0.224. The number of hydrogen-bond donors (Lipinski definition) is 3. The van der Waals surface area contributed by atoms with Crippen LogP contribution in [-0.2, 0) is 0 Å². The van der Waals surface area contributed by atoms with E-state index in [1.807, 2.05) is 24.3 Å². The van der Waals surface area contributed by atoms with Gasteiger partial charge in [-0.05, 0) is 50.2 Å². The maximum absolute atomic E-state index is 12.1. The molecule has 1 aromatic rings. The summed E-state index contributed by atoms with van der Waals surface area (Å²) in [7, 11) is 1.61. The van der Waals surface area contributed by atoms with Crippen LogP contribution in [0.15, 0.2) is 24.3 Å². The molecule has 0 aromatic heterocycles. The maximum Gasteiger partial charge on any atom is 0.320 e. The molecular formula is C16H23N3O4. The van der Waals surface area contributed by atoms with Crippen LogP contribution in [0, 0.1) is 0 Å². The number of methoxy groups -OCH3 is 1. The number of benzene rings is 1. The van der Waals surface area contributed by atoms with Crippen LogP contribution in [0.4, 0.5) is 4.79 Å². The Morgan fingerprint density at radius 1 is 1.26 bits per heavy atom. The minimum atomic E-state index is -0.809. The summed E-state index contributed by atoms with van der Waals surface area (Å²) < 4.78 is 10.7. The van der Waals surface area contributed by atoms with Crippen LogP contribution >= 0.6 is 0 Å². The van der Waals surface area contributed by atoms with Gasteiger partial charge in [0.2, 0.25) is 0 Å². The number of piperidine rings is 1. The summed E-state index contributed by atoms with van der Waals surface area (Å²) in [5.74, 6) is 1.47. The van der Waals surface area contributed by atoms with Gasteiger partial charge in [0.15, 0.2) is 6.23 Å². The van der Waals surface area contributed by atoms with Gasteiger partial charge in [-0.1, -0.05) is 0 Å². The number of aliphatic hydroxyl groups is 1. The minimum Gasteiger partial charge on any atom is -0.497 e. The van der Waals surface area contributed by atoms with Crippen molar-refractivity contribution in [1.82, 2.24) is 15.5 Å². The highest BCUT2D eigenvalue weighted by atomic mass is 16.5. The number of ether oxygens (including phenoxy) is 2. The van der Waals surface area contributed by atoms with E-state index >= 15 is 0 Å². The van der Waals surface area contributed by atoms with E-state index in [1.165, 1.54) is 4.90 Å². The fourth-order valence-corrected chi connectivity index (χ4v) is 3.17. The Kier molecular flexibility index (Phi) is 4.58. The van der Waals surface area contributed by atoms with Crippen molar-refractivity contribution in [3.05, 3.63) is 24.3 Å². The predicted octanol–water partition coefficient (Wildman–Crippen LogP) is 0.540. The average Bonchev–Trinajstić information content (AvgIpc) is 2.80. The number of carbonyl (C=O) groups excluding carboxylic acids is 1. The van der Waals surface area contributed by atoms with E-state index in [2.05, 4.69) is 10.6 Å². The number of hydrogen-bond acceptors (Lipinski definition) is 5. The van der Waals surface area contributed by atoms with Crippen molar-refractivity contribution in [2.24, 2.45) is 0 Å². The molecule has 2 saturated heterocycles. The van der Waals surface area contributed by atoms with Crippen LogP contribution in [0.1, 0.15) is 12.8 Å². The third kappa shape index (κ3) is 3.20. The van der Waals surface area contributed by atoms with Gasteiger partial charge in [-0.2, -0.15) is 0 Å². The van der Waals surface area contributed by atoms with Gasteiger partial charge in [0.05, 0.1) is 19.2 Å². The van der Waals surface area contributed by atoms with Crippen molar-refractivity contribution >= 4 is 6.03 Å². The van der Waals surface area contributed by atoms with Crippen molar-refractivity contribution in [3.63, 3.8) is 0 Å². The standard InChI is InChI=1S/C16H23N3O4/c1-22-12-2-4-13(5-3-12)23-11-10-19-14(20)16(18-15(19)21)6-8-17-9-7-16/h2-5,14,17,20H,6-11H2,1H3,(H,18,21). The quantitative estimate of drug-likeness (QED) is 0.737. The van der Waals surface area contributed by atoms with Crippen molar-refractivity contribution in [3.8, 4) is 11.5 Å². The topological polar surface area (TPSA) is 83.1 Å².